The molecule has 4 bridgehead atoms. The van der Waals surface area contributed by atoms with Crippen molar-refractivity contribution in [1.82, 2.24) is 0 Å². The Morgan fingerprint density at radius 1 is 0.950 bits per heavy atom. The predicted molar refractivity (Wildman–Crippen MR) is 81.5 cm³/mol. The normalized spacial score (nSPS) is 50.9. The van der Waals surface area contributed by atoms with Gasteiger partial charge in [0.1, 0.15) is 0 Å². The Hall–Kier alpha value is -0.790. The molecule has 1 aromatic carbocycles. The summed E-state index contributed by atoms with van der Waals surface area (Å²) in [7, 11) is 0. The van der Waals surface area contributed by atoms with Crippen LogP contribution in [-0.2, 0) is 0 Å². The van der Waals surface area contributed by atoms with Crippen molar-refractivity contribution in [1.29, 1.82) is 0 Å². The molecular weight excluding hydrogens is 266 g/mol. The van der Waals surface area contributed by atoms with E-state index in [0.29, 0.717) is 12.0 Å². The Labute approximate surface area is 125 Å². The van der Waals surface area contributed by atoms with E-state index >= 15 is 0 Å². The van der Waals surface area contributed by atoms with E-state index in [1.165, 1.54) is 18.4 Å². The van der Waals surface area contributed by atoms with E-state index in [1.54, 1.807) is 0 Å². The molecule has 104 valence electrons. The van der Waals surface area contributed by atoms with Crippen LogP contribution >= 0.6 is 11.6 Å². The Morgan fingerprint density at radius 3 is 2.40 bits per heavy atom. The SMILES string of the molecule is NC1[C@H]2C[C@H]([C@H]3C4C=CC(C4)[C@H]32)[C@H]1c1ccccc1Cl. The molecule has 3 saturated carbocycles. The van der Waals surface area contributed by atoms with Crippen LogP contribution in [0.4, 0.5) is 0 Å². The monoisotopic (exact) mass is 285 g/mol. The van der Waals surface area contributed by atoms with Crippen LogP contribution in [0.3, 0.4) is 0 Å². The lowest BCUT2D eigenvalue weighted by Crippen LogP contribution is -2.43. The smallest absolute Gasteiger partial charge is 0.0441 e. The van der Waals surface area contributed by atoms with E-state index in [2.05, 4.69) is 24.3 Å². The number of fused-ring (bicyclic) bond motifs is 9. The van der Waals surface area contributed by atoms with E-state index in [4.69, 9.17) is 17.3 Å². The molecule has 5 rings (SSSR count). The van der Waals surface area contributed by atoms with Crippen LogP contribution in [0.1, 0.15) is 24.3 Å². The van der Waals surface area contributed by atoms with Gasteiger partial charge in [-0.3, -0.25) is 0 Å². The molecule has 3 fully saturated rings. The number of nitrogens with two attached hydrogens (primary N) is 1. The zero-order valence-corrected chi connectivity index (χ0v) is 12.2. The summed E-state index contributed by atoms with van der Waals surface area (Å²) in [4.78, 5) is 0. The molecule has 0 aliphatic heterocycles. The molecule has 0 aromatic heterocycles. The van der Waals surface area contributed by atoms with E-state index in [1.807, 2.05) is 12.1 Å². The van der Waals surface area contributed by atoms with Crippen molar-refractivity contribution < 1.29 is 0 Å². The van der Waals surface area contributed by atoms with E-state index in [9.17, 15) is 0 Å². The van der Waals surface area contributed by atoms with Gasteiger partial charge in [-0.1, -0.05) is 42.0 Å². The van der Waals surface area contributed by atoms with Crippen molar-refractivity contribution in [2.24, 2.45) is 41.2 Å². The molecule has 1 aromatic rings. The minimum Gasteiger partial charge on any atom is -0.327 e. The van der Waals surface area contributed by atoms with Gasteiger partial charge in [-0.2, -0.15) is 0 Å². The Bertz CT molecular complexity index is 595. The minimum atomic E-state index is 0.314. The van der Waals surface area contributed by atoms with E-state index < -0.39 is 0 Å². The molecule has 2 N–H and O–H groups in total. The lowest BCUT2D eigenvalue weighted by atomic mass is 9.66. The van der Waals surface area contributed by atoms with Crippen molar-refractivity contribution in [3.63, 3.8) is 0 Å². The van der Waals surface area contributed by atoms with Gasteiger partial charge in [0.25, 0.3) is 0 Å². The van der Waals surface area contributed by atoms with Crippen LogP contribution < -0.4 is 5.73 Å². The fourth-order valence-electron chi connectivity index (χ4n) is 6.27. The number of benzene rings is 1. The zero-order valence-electron chi connectivity index (χ0n) is 11.5. The third kappa shape index (κ3) is 1.29. The molecule has 1 nitrogen and oxygen atoms in total. The maximum atomic E-state index is 6.67. The second-order valence-electron chi connectivity index (χ2n) is 7.29. The second kappa shape index (κ2) is 3.90. The van der Waals surface area contributed by atoms with Crippen molar-refractivity contribution in [2.75, 3.05) is 0 Å². The first kappa shape index (κ1) is 11.8. The maximum Gasteiger partial charge on any atom is 0.0441 e. The average Bonchev–Trinajstić information content (AvgIpc) is 3.16. The molecular formula is C18H20ClN. The predicted octanol–water partition coefficient (Wildman–Crippen LogP) is 3.84. The van der Waals surface area contributed by atoms with Crippen LogP contribution in [0.5, 0.6) is 0 Å². The van der Waals surface area contributed by atoms with Gasteiger partial charge in [0.2, 0.25) is 0 Å². The first-order chi connectivity index (χ1) is 9.75. The van der Waals surface area contributed by atoms with Gasteiger partial charge in [-0.15, -0.1) is 0 Å². The first-order valence-corrected chi connectivity index (χ1v) is 8.32. The van der Waals surface area contributed by atoms with E-state index in [0.717, 1.165) is 40.5 Å². The van der Waals surface area contributed by atoms with Gasteiger partial charge in [0.05, 0.1) is 0 Å². The molecule has 2 heteroatoms. The molecule has 8 atom stereocenters. The molecule has 20 heavy (non-hydrogen) atoms. The molecule has 4 aliphatic carbocycles. The second-order valence-corrected chi connectivity index (χ2v) is 7.70. The van der Waals surface area contributed by atoms with Crippen molar-refractivity contribution in [3.05, 3.63) is 47.0 Å². The molecule has 0 spiro atoms. The van der Waals surface area contributed by atoms with Gasteiger partial charge in [0, 0.05) is 17.0 Å². The summed E-state index contributed by atoms with van der Waals surface area (Å²) in [6, 6.07) is 8.67. The summed E-state index contributed by atoms with van der Waals surface area (Å²) >= 11 is 6.46. The lowest BCUT2D eigenvalue weighted by Gasteiger charge is -2.41. The third-order valence-corrected chi connectivity index (χ3v) is 7.10. The van der Waals surface area contributed by atoms with Crippen LogP contribution in [0.2, 0.25) is 5.02 Å². The topological polar surface area (TPSA) is 26.0 Å². The van der Waals surface area contributed by atoms with Crippen molar-refractivity contribution in [2.45, 2.75) is 24.8 Å². The van der Waals surface area contributed by atoms with E-state index in [-0.39, 0.29) is 0 Å². The highest BCUT2D eigenvalue weighted by atomic mass is 35.5. The molecule has 3 unspecified atom stereocenters. The molecule has 0 amide bonds. The lowest BCUT2D eigenvalue weighted by molar-refractivity contribution is 0.164. The van der Waals surface area contributed by atoms with Gasteiger partial charge in [-0.05, 0) is 60.0 Å². The number of hydrogen-bond acceptors (Lipinski definition) is 1. The largest absolute Gasteiger partial charge is 0.327 e. The third-order valence-electron chi connectivity index (χ3n) is 6.75. The Balaban J connectivity index is 1.58. The van der Waals surface area contributed by atoms with Crippen LogP contribution in [-0.4, -0.2) is 6.04 Å². The first-order valence-electron chi connectivity index (χ1n) is 7.94. The van der Waals surface area contributed by atoms with Gasteiger partial charge in [0.15, 0.2) is 0 Å². The van der Waals surface area contributed by atoms with Crippen LogP contribution in [0.15, 0.2) is 36.4 Å². The number of halogens is 1. The molecule has 0 heterocycles. The van der Waals surface area contributed by atoms with Crippen molar-refractivity contribution in [3.8, 4) is 0 Å². The summed E-state index contributed by atoms with van der Waals surface area (Å²) in [5, 5.41) is 0.913. The van der Waals surface area contributed by atoms with Gasteiger partial charge >= 0.3 is 0 Å². The molecule has 0 saturated heterocycles. The standard InChI is InChI=1S/C18H20ClN/c19-14-4-2-1-3-11(14)17-12-8-13(18(17)20)16-10-6-5-9(7-10)15(12)16/h1-6,9-10,12-13,15-18H,7-8,20H2/t9?,10?,12-,13+,15-,16+,17-,18?/m1/s1. The summed E-state index contributed by atoms with van der Waals surface area (Å²) < 4.78 is 0. The highest BCUT2D eigenvalue weighted by Gasteiger charge is 2.64. The summed E-state index contributed by atoms with van der Waals surface area (Å²) in [5.41, 5.74) is 7.98. The molecule has 0 radical (unpaired) electrons. The van der Waals surface area contributed by atoms with Gasteiger partial charge < -0.3 is 5.73 Å². The number of rotatable bonds is 1. The number of hydrogen-bond donors (Lipinski definition) is 1. The van der Waals surface area contributed by atoms with Crippen molar-refractivity contribution >= 4 is 11.6 Å². The number of allylic oxidation sites excluding steroid dienone is 2. The zero-order chi connectivity index (χ0) is 13.4. The Morgan fingerprint density at radius 2 is 1.65 bits per heavy atom. The average molecular weight is 286 g/mol. The summed E-state index contributed by atoms with van der Waals surface area (Å²) in [6.07, 6.45) is 7.69. The van der Waals surface area contributed by atoms with Crippen LogP contribution in [0, 0.1) is 35.5 Å². The summed E-state index contributed by atoms with van der Waals surface area (Å²) in [5.74, 6) is 5.41. The highest BCUT2D eigenvalue weighted by molar-refractivity contribution is 6.31. The quantitative estimate of drug-likeness (QED) is 0.616. The van der Waals surface area contributed by atoms with Gasteiger partial charge in [-0.25, -0.2) is 0 Å². The molecule has 4 aliphatic rings. The fraction of sp³-hybridized carbons (Fsp3) is 0.556. The highest BCUT2D eigenvalue weighted by Crippen LogP contribution is 2.68. The Kier molecular flexibility index (Phi) is 2.30. The van der Waals surface area contributed by atoms with Crippen LogP contribution in [0.25, 0.3) is 0 Å². The summed E-state index contributed by atoms with van der Waals surface area (Å²) in [6.45, 7) is 0. The maximum absolute atomic E-state index is 6.67. The minimum absolute atomic E-state index is 0.314. The fourth-order valence-corrected chi connectivity index (χ4v) is 6.53.